The third kappa shape index (κ3) is 3.45. The van der Waals surface area contributed by atoms with E-state index >= 15 is 0 Å². The summed E-state index contributed by atoms with van der Waals surface area (Å²) in [6.45, 7) is 2.50. The van der Waals surface area contributed by atoms with Gasteiger partial charge in [0.2, 0.25) is 0 Å². The zero-order valence-corrected chi connectivity index (χ0v) is 14.8. The Morgan fingerprint density at radius 2 is 1.96 bits per heavy atom. The van der Waals surface area contributed by atoms with Crippen molar-refractivity contribution in [2.24, 2.45) is 5.92 Å². The van der Waals surface area contributed by atoms with Crippen molar-refractivity contribution in [3.8, 4) is 0 Å². The van der Waals surface area contributed by atoms with E-state index < -0.39 is 18.7 Å². The number of benzene rings is 1. The normalized spacial score (nSPS) is 23.0. The molecule has 2 heterocycles. The number of aldehydes is 1. The molecule has 0 saturated carbocycles. The Balaban J connectivity index is 1.69. The molecule has 2 aliphatic heterocycles. The van der Waals surface area contributed by atoms with Crippen LogP contribution in [0.15, 0.2) is 18.2 Å². The van der Waals surface area contributed by atoms with Crippen molar-refractivity contribution in [2.45, 2.75) is 25.3 Å². The average molecular weight is 373 g/mol. The Morgan fingerprint density at radius 1 is 1.30 bits per heavy atom. The number of rotatable bonds is 4. The highest BCUT2D eigenvalue weighted by atomic mass is 16.4. The molecule has 0 bridgehead atoms. The average Bonchev–Trinajstić information content (AvgIpc) is 2.93. The molecular weight excluding hydrogens is 353 g/mol. The number of carbonyl (C=O) groups excluding carboxylic acids is 4. The summed E-state index contributed by atoms with van der Waals surface area (Å²) in [5.74, 6) is -0.725. The summed E-state index contributed by atoms with van der Waals surface area (Å²) in [5.41, 5.74) is -0.617. The van der Waals surface area contributed by atoms with Gasteiger partial charge in [0.05, 0.1) is 0 Å². The van der Waals surface area contributed by atoms with Crippen molar-refractivity contribution >= 4 is 36.7 Å². The van der Waals surface area contributed by atoms with Crippen molar-refractivity contribution in [2.75, 3.05) is 13.1 Å². The van der Waals surface area contributed by atoms with Crippen LogP contribution in [0.3, 0.4) is 0 Å². The van der Waals surface area contributed by atoms with Gasteiger partial charge >= 0.3 is 13.1 Å². The summed E-state index contributed by atoms with van der Waals surface area (Å²) < 4.78 is 0. The molecule has 1 aromatic carbocycles. The fraction of sp³-hybridized carbons (Fsp3) is 0.412. The maximum absolute atomic E-state index is 12.7. The van der Waals surface area contributed by atoms with Gasteiger partial charge in [-0.25, -0.2) is 4.79 Å². The lowest BCUT2D eigenvalue weighted by Crippen LogP contribution is -2.54. The fourth-order valence-electron chi connectivity index (χ4n) is 3.73. The Kier molecular flexibility index (Phi) is 5.03. The van der Waals surface area contributed by atoms with Gasteiger partial charge in [-0.15, -0.1) is 0 Å². The third-order valence-electron chi connectivity index (χ3n) is 5.41. The number of hydrogen-bond acceptors (Lipinski definition) is 6. The predicted molar refractivity (Wildman–Crippen MR) is 95.4 cm³/mol. The predicted octanol–water partition coefficient (Wildman–Crippen LogP) is -1.37. The summed E-state index contributed by atoms with van der Waals surface area (Å²) >= 11 is 0. The highest BCUT2D eigenvalue weighted by Crippen LogP contribution is 2.31. The molecule has 2 saturated heterocycles. The van der Waals surface area contributed by atoms with Crippen molar-refractivity contribution in [3.05, 3.63) is 29.3 Å². The number of imide groups is 1. The van der Waals surface area contributed by atoms with Crippen molar-refractivity contribution in [1.82, 2.24) is 15.5 Å². The number of nitrogens with zero attached hydrogens (tertiary/aromatic N) is 1. The van der Waals surface area contributed by atoms with E-state index in [0.717, 1.165) is 0 Å². The highest BCUT2D eigenvalue weighted by molar-refractivity contribution is 6.60. The van der Waals surface area contributed by atoms with Gasteiger partial charge in [-0.1, -0.05) is 6.07 Å². The molecule has 0 aliphatic carbocycles. The van der Waals surface area contributed by atoms with Crippen molar-refractivity contribution in [3.63, 3.8) is 0 Å². The number of likely N-dealkylation sites (tertiary alicyclic amines) is 1. The number of carbonyl (C=O) groups is 4. The number of urea groups is 1. The van der Waals surface area contributed by atoms with Crippen LogP contribution in [0.4, 0.5) is 4.79 Å². The fourth-order valence-corrected chi connectivity index (χ4v) is 3.73. The van der Waals surface area contributed by atoms with E-state index in [1.165, 1.54) is 18.2 Å². The smallest absolute Gasteiger partial charge is 0.423 e. The van der Waals surface area contributed by atoms with E-state index in [1.807, 2.05) is 0 Å². The minimum atomic E-state index is -1.79. The van der Waals surface area contributed by atoms with Crippen molar-refractivity contribution in [1.29, 1.82) is 0 Å². The van der Waals surface area contributed by atoms with E-state index in [4.69, 9.17) is 0 Å². The third-order valence-corrected chi connectivity index (χ3v) is 5.41. The summed E-state index contributed by atoms with van der Waals surface area (Å²) in [6, 6.07) is 3.62. The lowest BCUT2D eigenvalue weighted by molar-refractivity contribution is -0.125. The zero-order valence-electron chi connectivity index (χ0n) is 14.8. The number of piperidine rings is 1. The first-order valence-corrected chi connectivity index (χ1v) is 8.64. The Labute approximate surface area is 155 Å². The van der Waals surface area contributed by atoms with Crippen LogP contribution in [-0.4, -0.2) is 64.8 Å². The van der Waals surface area contributed by atoms with Crippen LogP contribution in [0, 0.1) is 5.92 Å². The number of nitrogens with one attached hydrogen (secondary N) is 2. The lowest BCUT2D eigenvalue weighted by Gasteiger charge is -2.38. The maximum atomic E-state index is 12.7. The van der Waals surface area contributed by atoms with Crippen LogP contribution in [0.5, 0.6) is 0 Å². The minimum absolute atomic E-state index is 0.0381. The molecule has 2 fully saturated rings. The summed E-state index contributed by atoms with van der Waals surface area (Å²) in [7, 11) is -1.79. The molecule has 1 atom stereocenters. The molecule has 0 aromatic heterocycles. The summed E-state index contributed by atoms with van der Waals surface area (Å²) in [6.07, 6.45) is 1.56. The number of amides is 4. The van der Waals surface area contributed by atoms with E-state index in [9.17, 15) is 29.2 Å². The first-order valence-electron chi connectivity index (χ1n) is 8.64. The second-order valence-electron chi connectivity index (χ2n) is 7.01. The largest absolute Gasteiger partial charge is 0.489 e. The second-order valence-corrected chi connectivity index (χ2v) is 7.01. The van der Waals surface area contributed by atoms with Crippen molar-refractivity contribution < 1.29 is 29.2 Å². The summed E-state index contributed by atoms with van der Waals surface area (Å²) in [4.78, 5) is 49.0. The summed E-state index contributed by atoms with van der Waals surface area (Å²) in [5, 5.41) is 23.4. The van der Waals surface area contributed by atoms with Gasteiger partial charge in [0.15, 0.2) is 0 Å². The topological polar surface area (TPSA) is 136 Å². The van der Waals surface area contributed by atoms with Gasteiger partial charge in [-0.2, -0.15) is 0 Å². The van der Waals surface area contributed by atoms with E-state index in [-0.39, 0.29) is 34.3 Å². The SMILES string of the molecule is CC1(C2CCN(C(=O)c3ccc(B(O)O)c(C=O)c3)CC2)NC(=O)NC1=O. The van der Waals surface area contributed by atoms with Crippen LogP contribution >= 0.6 is 0 Å². The maximum Gasteiger partial charge on any atom is 0.489 e. The van der Waals surface area contributed by atoms with Gasteiger partial charge < -0.3 is 20.3 Å². The molecule has 0 radical (unpaired) electrons. The van der Waals surface area contributed by atoms with Crippen LogP contribution < -0.4 is 16.1 Å². The molecule has 4 N–H and O–H groups in total. The molecule has 0 spiro atoms. The molecule has 4 amide bonds. The first-order chi connectivity index (χ1) is 12.8. The van der Waals surface area contributed by atoms with Gasteiger partial charge in [-0.05, 0) is 43.3 Å². The minimum Gasteiger partial charge on any atom is -0.423 e. The van der Waals surface area contributed by atoms with Gasteiger partial charge in [0.25, 0.3) is 11.8 Å². The standard InChI is InChI=1S/C17H20BN3O6/c1-17(15(24)19-16(25)20-17)12-4-6-21(7-5-12)14(23)10-2-3-13(18(26)27)11(8-10)9-22/h2-3,8-9,12,26-27H,4-7H2,1H3,(H2,19,20,24,25). The molecule has 1 unspecified atom stereocenters. The molecule has 142 valence electrons. The van der Waals surface area contributed by atoms with Gasteiger partial charge in [-0.3, -0.25) is 19.7 Å². The Morgan fingerprint density at radius 3 is 2.48 bits per heavy atom. The van der Waals surface area contributed by atoms with Gasteiger partial charge in [0, 0.05) is 24.2 Å². The van der Waals surface area contributed by atoms with Crippen LogP contribution in [0.2, 0.25) is 0 Å². The molecule has 3 rings (SSSR count). The van der Waals surface area contributed by atoms with E-state index in [2.05, 4.69) is 10.6 Å². The molecule has 9 nitrogen and oxygen atoms in total. The lowest BCUT2D eigenvalue weighted by atomic mass is 9.76. The van der Waals surface area contributed by atoms with E-state index in [1.54, 1.807) is 11.8 Å². The van der Waals surface area contributed by atoms with Gasteiger partial charge in [0.1, 0.15) is 11.8 Å². The first kappa shape index (κ1) is 19.1. The highest BCUT2D eigenvalue weighted by Gasteiger charge is 2.48. The van der Waals surface area contributed by atoms with Crippen LogP contribution in [0.25, 0.3) is 0 Å². The molecule has 1 aromatic rings. The van der Waals surface area contributed by atoms with Crippen LogP contribution in [0.1, 0.15) is 40.5 Å². The number of hydrogen-bond donors (Lipinski definition) is 4. The molecular formula is C17H20BN3O6. The van der Waals surface area contributed by atoms with E-state index in [0.29, 0.717) is 32.2 Å². The second kappa shape index (κ2) is 7.13. The monoisotopic (exact) mass is 373 g/mol. The molecule has 2 aliphatic rings. The van der Waals surface area contributed by atoms with Crippen LogP contribution in [-0.2, 0) is 4.79 Å². The zero-order chi connectivity index (χ0) is 19.8. The Hall–Kier alpha value is -2.72. The quantitative estimate of drug-likeness (QED) is 0.292. The molecule has 27 heavy (non-hydrogen) atoms. The Bertz CT molecular complexity index is 806. The molecule has 10 heteroatoms.